The van der Waals surface area contributed by atoms with Crippen LogP contribution < -0.4 is 10.1 Å². The van der Waals surface area contributed by atoms with Crippen LogP contribution in [0, 0.1) is 0 Å². The van der Waals surface area contributed by atoms with Gasteiger partial charge >= 0.3 is 5.97 Å². The number of carboxylic acid groups (broad SMARTS) is 1. The van der Waals surface area contributed by atoms with Gasteiger partial charge in [0.15, 0.2) is 0 Å². The standard InChI is InChI=1S/C16H21NO3/c18-16(19)15(17-13-6-7-13)10-20-14-8-5-11-3-1-2-4-12(11)9-14/h5,8-9,13,15,17H,1-4,6-7,10H2,(H,18,19). The molecule has 0 aliphatic heterocycles. The molecule has 2 aliphatic carbocycles. The SMILES string of the molecule is O=C(O)C(COc1ccc2c(c1)CCCC2)NC1CC1. The van der Waals surface area contributed by atoms with E-state index in [1.165, 1.54) is 24.0 Å². The molecule has 108 valence electrons. The molecular formula is C16H21NO3. The summed E-state index contributed by atoms with van der Waals surface area (Å²) >= 11 is 0. The summed E-state index contributed by atoms with van der Waals surface area (Å²) in [6.45, 7) is 0.185. The summed E-state index contributed by atoms with van der Waals surface area (Å²) in [6, 6.07) is 5.90. The number of fused-ring (bicyclic) bond motifs is 1. The molecule has 1 saturated carbocycles. The van der Waals surface area contributed by atoms with Crippen LogP contribution in [0.25, 0.3) is 0 Å². The van der Waals surface area contributed by atoms with Gasteiger partial charge in [0.2, 0.25) is 0 Å². The summed E-state index contributed by atoms with van der Waals surface area (Å²) in [5.41, 5.74) is 2.77. The van der Waals surface area contributed by atoms with Gasteiger partial charge in [0.05, 0.1) is 0 Å². The van der Waals surface area contributed by atoms with Crippen molar-refractivity contribution in [1.82, 2.24) is 5.32 Å². The minimum Gasteiger partial charge on any atom is -0.491 e. The van der Waals surface area contributed by atoms with Gasteiger partial charge in [-0.05, 0) is 61.8 Å². The van der Waals surface area contributed by atoms with Crippen LogP contribution in [0.15, 0.2) is 18.2 Å². The molecule has 0 aromatic heterocycles. The van der Waals surface area contributed by atoms with E-state index in [4.69, 9.17) is 4.74 Å². The Kier molecular flexibility index (Phi) is 3.92. The zero-order valence-corrected chi connectivity index (χ0v) is 11.6. The molecule has 2 aliphatic rings. The second-order valence-electron chi connectivity index (χ2n) is 5.78. The van der Waals surface area contributed by atoms with Gasteiger partial charge in [-0.1, -0.05) is 6.07 Å². The molecule has 3 rings (SSSR count). The van der Waals surface area contributed by atoms with Crippen molar-refractivity contribution in [1.29, 1.82) is 0 Å². The average molecular weight is 275 g/mol. The lowest BCUT2D eigenvalue weighted by Crippen LogP contribution is -2.42. The van der Waals surface area contributed by atoms with Gasteiger partial charge in [-0.2, -0.15) is 0 Å². The van der Waals surface area contributed by atoms with Crippen LogP contribution in [0.5, 0.6) is 5.75 Å². The highest BCUT2D eigenvalue weighted by Gasteiger charge is 2.28. The summed E-state index contributed by atoms with van der Waals surface area (Å²) in [7, 11) is 0. The number of carbonyl (C=O) groups is 1. The fourth-order valence-corrected chi connectivity index (χ4v) is 2.70. The first-order chi connectivity index (χ1) is 9.72. The highest BCUT2D eigenvalue weighted by atomic mass is 16.5. The topological polar surface area (TPSA) is 58.6 Å². The van der Waals surface area contributed by atoms with Gasteiger partial charge < -0.3 is 9.84 Å². The van der Waals surface area contributed by atoms with Crippen molar-refractivity contribution in [2.24, 2.45) is 0 Å². The second-order valence-corrected chi connectivity index (χ2v) is 5.78. The first kappa shape index (κ1) is 13.4. The van der Waals surface area contributed by atoms with Crippen LogP contribution in [0.2, 0.25) is 0 Å². The number of nitrogens with one attached hydrogen (secondary N) is 1. The Morgan fingerprint density at radius 2 is 2.05 bits per heavy atom. The molecule has 0 radical (unpaired) electrons. The Bertz CT molecular complexity index is 496. The van der Waals surface area contributed by atoms with Crippen molar-refractivity contribution in [3.05, 3.63) is 29.3 Å². The summed E-state index contributed by atoms with van der Waals surface area (Å²) in [5, 5.41) is 12.3. The van der Waals surface area contributed by atoms with Gasteiger partial charge in [-0.3, -0.25) is 10.1 Å². The lowest BCUT2D eigenvalue weighted by molar-refractivity contribution is -0.140. The zero-order chi connectivity index (χ0) is 13.9. The quantitative estimate of drug-likeness (QED) is 0.835. The van der Waals surface area contributed by atoms with Gasteiger partial charge in [0.1, 0.15) is 18.4 Å². The second kappa shape index (κ2) is 5.83. The predicted molar refractivity (Wildman–Crippen MR) is 76.2 cm³/mol. The fourth-order valence-electron chi connectivity index (χ4n) is 2.70. The maximum absolute atomic E-state index is 11.2. The molecule has 4 heteroatoms. The Labute approximate surface area is 119 Å². The van der Waals surface area contributed by atoms with E-state index in [0.29, 0.717) is 6.04 Å². The molecule has 1 aromatic rings. The molecular weight excluding hydrogens is 254 g/mol. The molecule has 1 aromatic carbocycles. The Morgan fingerprint density at radius 3 is 2.75 bits per heavy atom. The average Bonchev–Trinajstić information content (AvgIpc) is 3.27. The van der Waals surface area contributed by atoms with E-state index in [9.17, 15) is 9.90 Å². The lowest BCUT2D eigenvalue weighted by Gasteiger charge is -2.18. The Balaban J connectivity index is 1.60. The van der Waals surface area contributed by atoms with Crippen LogP contribution in [0.1, 0.15) is 36.8 Å². The van der Waals surface area contributed by atoms with Crippen molar-refractivity contribution in [3.63, 3.8) is 0 Å². The number of rotatable bonds is 6. The first-order valence-electron chi connectivity index (χ1n) is 7.46. The maximum atomic E-state index is 11.2. The molecule has 0 amide bonds. The molecule has 2 N–H and O–H groups in total. The first-order valence-corrected chi connectivity index (χ1v) is 7.46. The Hall–Kier alpha value is -1.55. The number of aryl methyl sites for hydroxylation is 2. The molecule has 1 fully saturated rings. The largest absolute Gasteiger partial charge is 0.491 e. The van der Waals surface area contributed by atoms with Crippen LogP contribution >= 0.6 is 0 Å². The molecule has 4 nitrogen and oxygen atoms in total. The smallest absolute Gasteiger partial charge is 0.324 e. The van der Waals surface area contributed by atoms with Gasteiger partial charge in [-0.15, -0.1) is 0 Å². The van der Waals surface area contributed by atoms with Gasteiger partial charge in [0, 0.05) is 6.04 Å². The third-order valence-electron chi connectivity index (χ3n) is 4.05. The maximum Gasteiger partial charge on any atom is 0.324 e. The van der Waals surface area contributed by atoms with Crippen molar-refractivity contribution in [3.8, 4) is 5.75 Å². The molecule has 20 heavy (non-hydrogen) atoms. The zero-order valence-electron chi connectivity index (χ0n) is 11.6. The molecule has 0 bridgehead atoms. The molecule has 0 spiro atoms. The van der Waals surface area contributed by atoms with Crippen LogP contribution in [0.3, 0.4) is 0 Å². The highest BCUT2D eigenvalue weighted by molar-refractivity contribution is 5.73. The number of hydrogen-bond donors (Lipinski definition) is 2. The van der Waals surface area contributed by atoms with Gasteiger partial charge in [-0.25, -0.2) is 0 Å². The number of carboxylic acids is 1. The number of ether oxygens (including phenoxy) is 1. The van der Waals surface area contributed by atoms with Crippen molar-refractivity contribution >= 4 is 5.97 Å². The minimum atomic E-state index is -0.838. The fraction of sp³-hybridized carbons (Fsp3) is 0.562. The molecule has 0 saturated heterocycles. The monoisotopic (exact) mass is 275 g/mol. The highest BCUT2D eigenvalue weighted by Crippen LogP contribution is 2.25. The minimum absolute atomic E-state index is 0.185. The van der Waals surface area contributed by atoms with E-state index in [1.807, 2.05) is 6.07 Å². The van der Waals surface area contributed by atoms with E-state index in [-0.39, 0.29) is 6.61 Å². The number of aliphatic carboxylic acids is 1. The molecule has 1 unspecified atom stereocenters. The van der Waals surface area contributed by atoms with Crippen molar-refractivity contribution in [2.45, 2.75) is 50.6 Å². The Morgan fingerprint density at radius 1 is 1.30 bits per heavy atom. The summed E-state index contributed by atoms with van der Waals surface area (Å²) in [6.07, 6.45) is 6.90. The number of hydrogen-bond acceptors (Lipinski definition) is 3. The number of benzene rings is 1. The third kappa shape index (κ3) is 3.31. The molecule has 1 atom stereocenters. The van der Waals surface area contributed by atoms with Crippen molar-refractivity contribution in [2.75, 3.05) is 6.61 Å². The van der Waals surface area contributed by atoms with E-state index in [2.05, 4.69) is 17.4 Å². The van der Waals surface area contributed by atoms with Crippen LogP contribution in [-0.2, 0) is 17.6 Å². The summed E-state index contributed by atoms with van der Waals surface area (Å²) in [4.78, 5) is 11.2. The predicted octanol–water partition coefficient (Wildman–Crippen LogP) is 2.15. The summed E-state index contributed by atoms with van der Waals surface area (Å²) < 4.78 is 5.68. The third-order valence-corrected chi connectivity index (χ3v) is 4.05. The molecule has 0 heterocycles. The van der Waals surface area contributed by atoms with Crippen molar-refractivity contribution < 1.29 is 14.6 Å². The van der Waals surface area contributed by atoms with E-state index >= 15 is 0 Å². The van der Waals surface area contributed by atoms with E-state index < -0.39 is 12.0 Å². The summed E-state index contributed by atoms with van der Waals surface area (Å²) in [5.74, 6) is -0.0515. The lowest BCUT2D eigenvalue weighted by atomic mass is 9.92. The van der Waals surface area contributed by atoms with Crippen LogP contribution in [-0.4, -0.2) is 29.8 Å². The van der Waals surface area contributed by atoms with E-state index in [0.717, 1.165) is 31.4 Å². The van der Waals surface area contributed by atoms with Gasteiger partial charge in [0.25, 0.3) is 0 Å². The van der Waals surface area contributed by atoms with Crippen LogP contribution in [0.4, 0.5) is 0 Å². The van der Waals surface area contributed by atoms with E-state index in [1.54, 1.807) is 0 Å². The normalized spacial score (nSPS) is 19.2.